The van der Waals surface area contributed by atoms with Crippen LogP contribution in [0.5, 0.6) is 0 Å². The Morgan fingerprint density at radius 2 is 1.19 bits per heavy atom. The van der Waals surface area contributed by atoms with E-state index in [1.165, 1.54) is 0 Å². The number of rotatable bonds is 3. The van der Waals surface area contributed by atoms with Gasteiger partial charge in [0.15, 0.2) is 0 Å². The van der Waals surface area contributed by atoms with Crippen molar-refractivity contribution in [3.8, 4) is 26.8 Å². The van der Waals surface area contributed by atoms with Crippen molar-refractivity contribution in [2.75, 3.05) is 0 Å². The molecule has 132 valence electrons. The molecule has 0 saturated heterocycles. The smallest absolute Gasteiger partial charge is 0.272 e. The third-order valence-electron chi connectivity index (χ3n) is 4.44. The zero-order chi connectivity index (χ0) is 18.4. The van der Waals surface area contributed by atoms with Crippen molar-refractivity contribution in [3.05, 3.63) is 86.1 Å². The van der Waals surface area contributed by atoms with Crippen molar-refractivity contribution in [2.24, 2.45) is 0 Å². The van der Waals surface area contributed by atoms with Crippen molar-refractivity contribution in [2.45, 2.75) is 0 Å². The number of benzene rings is 1. The molecule has 0 radical (unpaired) electrons. The number of thiophene rings is 2. The molecule has 0 amide bonds. The summed E-state index contributed by atoms with van der Waals surface area (Å²) in [6, 6.07) is 17.6. The van der Waals surface area contributed by atoms with Gasteiger partial charge >= 0.3 is 0 Å². The summed E-state index contributed by atoms with van der Waals surface area (Å²) in [4.78, 5) is 27.4. The molecule has 2 N–H and O–H groups in total. The highest BCUT2D eigenvalue weighted by Crippen LogP contribution is 2.41. The van der Waals surface area contributed by atoms with Crippen LogP contribution in [0, 0.1) is 0 Å². The van der Waals surface area contributed by atoms with E-state index in [2.05, 4.69) is 10.2 Å². The molecule has 0 spiro atoms. The summed E-state index contributed by atoms with van der Waals surface area (Å²) in [5, 5.41) is 9.72. The number of nitrogens with one attached hydrogen (secondary N) is 2. The van der Waals surface area contributed by atoms with E-state index in [9.17, 15) is 9.59 Å². The third-order valence-corrected chi connectivity index (χ3v) is 6.19. The van der Waals surface area contributed by atoms with Gasteiger partial charge in [0.1, 0.15) is 0 Å². The topological polar surface area (TPSA) is 70.7 Å². The molecule has 0 fully saturated rings. The zero-order valence-corrected chi connectivity index (χ0v) is 15.6. The lowest BCUT2D eigenvalue weighted by Crippen LogP contribution is -2.18. The second-order valence-electron chi connectivity index (χ2n) is 5.98. The number of hydrogen-bond acceptors (Lipinski definition) is 4. The van der Waals surface area contributed by atoms with E-state index < -0.39 is 0 Å². The van der Waals surface area contributed by atoms with Gasteiger partial charge in [0.05, 0.1) is 31.9 Å². The van der Waals surface area contributed by atoms with Crippen LogP contribution < -0.4 is 11.1 Å². The molecule has 0 unspecified atom stereocenters. The van der Waals surface area contributed by atoms with E-state index in [0.717, 1.165) is 26.8 Å². The van der Waals surface area contributed by atoms with Gasteiger partial charge in [0.25, 0.3) is 11.1 Å². The number of fused-ring (bicyclic) bond motifs is 1. The maximum Gasteiger partial charge on any atom is 0.272 e. The Kier molecular flexibility index (Phi) is 3.70. The van der Waals surface area contributed by atoms with Gasteiger partial charge in [-0.1, -0.05) is 30.3 Å². The SMILES string of the molecule is O=c1[nH][nH]c(=O)c2c(-c3cccs3)n(-c3ccccc3)c(-c3cccs3)c12. The Hall–Kier alpha value is -3.16. The van der Waals surface area contributed by atoms with Gasteiger partial charge in [-0.15, -0.1) is 22.7 Å². The molecule has 4 aromatic heterocycles. The minimum absolute atomic E-state index is 0.305. The number of nitrogens with zero attached hydrogens (tertiary/aromatic N) is 1. The molecule has 0 saturated carbocycles. The minimum Gasteiger partial charge on any atom is -0.306 e. The Morgan fingerprint density at radius 3 is 1.63 bits per heavy atom. The molecule has 4 heterocycles. The lowest BCUT2D eigenvalue weighted by Gasteiger charge is -2.12. The van der Waals surface area contributed by atoms with Crippen molar-refractivity contribution in [3.63, 3.8) is 0 Å². The van der Waals surface area contributed by atoms with E-state index >= 15 is 0 Å². The highest BCUT2D eigenvalue weighted by molar-refractivity contribution is 7.14. The second-order valence-corrected chi connectivity index (χ2v) is 7.88. The normalized spacial score (nSPS) is 11.3. The first-order chi connectivity index (χ1) is 13.3. The number of hydrogen-bond donors (Lipinski definition) is 2. The van der Waals surface area contributed by atoms with Crippen molar-refractivity contribution < 1.29 is 0 Å². The molecule has 5 nitrogen and oxygen atoms in total. The van der Waals surface area contributed by atoms with Crippen LogP contribution in [0.15, 0.2) is 74.9 Å². The molecule has 0 bridgehead atoms. The van der Waals surface area contributed by atoms with Crippen molar-refractivity contribution >= 4 is 33.4 Å². The number of para-hydroxylation sites is 1. The maximum absolute atomic E-state index is 12.8. The van der Waals surface area contributed by atoms with Crippen molar-refractivity contribution in [1.29, 1.82) is 0 Å². The molecular weight excluding hydrogens is 378 g/mol. The number of aromatic nitrogens is 3. The maximum atomic E-state index is 12.8. The second kappa shape index (κ2) is 6.22. The first-order valence-corrected chi connectivity index (χ1v) is 10.0. The van der Waals surface area contributed by atoms with Crippen LogP contribution in [0.3, 0.4) is 0 Å². The number of H-pyrrole nitrogens is 2. The van der Waals surface area contributed by atoms with Gasteiger partial charge in [0.2, 0.25) is 0 Å². The molecule has 0 aliphatic rings. The van der Waals surface area contributed by atoms with Crippen LogP contribution in [-0.4, -0.2) is 14.8 Å². The molecule has 0 aliphatic heterocycles. The first-order valence-electron chi connectivity index (χ1n) is 8.28. The van der Waals surface area contributed by atoms with Gasteiger partial charge < -0.3 is 4.57 Å². The summed E-state index contributed by atoms with van der Waals surface area (Å²) in [6.45, 7) is 0. The van der Waals surface area contributed by atoms with Crippen molar-refractivity contribution in [1.82, 2.24) is 14.8 Å². The van der Waals surface area contributed by atoms with E-state index in [1.54, 1.807) is 22.7 Å². The molecule has 5 rings (SSSR count). The lowest BCUT2D eigenvalue weighted by atomic mass is 10.2. The van der Waals surface area contributed by atoms with Gasteiger partial charge in [-0.25, -0.2) is 0 Å². The third kappa shape index (κ3) is 2.43. The van der Waals surface area contributed by atoms with E-state index in [-0.39, 0.29) is 11.1 Å². The summed E-state index contributed by atoms with van der Waals surface area (Å²) in [5.74, 6) is 0. The minimum atomic E-state index is -0.305. The quantitative estimate of drug-likeness (QED) is 0.477. The Balaban J connectivity index is 2.08. The largest absolute Gasteiger partial charge is 0.306 e. The van der Waals surface area contributed by atoms with Crippen LogP contribution in [0.1, 0.15) is 0 Å². The summed E-state index contributed by atoms with van der Waals surface area (Å²) in [5.41, 5.74) is 1.77. The summed E-state index contributed by atoms with van der Waals surface area (Å²) < 4.78 is 2.02. The van der Waals surface area contributed by atoms with Gasteiger partial charge in [0, 0.05) is 5.69 Å². The molecule has 5 aromatic rings. The predicted molar refractivity (Wildman–Crippen MR) is 111 cm³/mol. The highest BCUT2D eigenvalue weighted by atomic mass is 32.1. The van der Waals surface area contributed by atoms with E-state index in [1.807, 2.05) is 69.9 Å². The lowest BCUT2D eigenvalue weighted by molar-refractivity contribution is 0.978. The van der Waals surface area contributed by atoms with E-state index in [0.29, 0.717) is 10.8 Å². The Morgan fingerprint density at radius 1 is 0.667 bits per heavy atom. The molecule has 7 heteroatoms. The van der Waals surface area contributed by atoms with Gasteiger partial charge in [-0.3, -0.25) is 19.8 Å². The average molecular weight is 391 g/mol. The van der Waals surface area contributed by atoms with Crippen LogP contribution in [0.2, 0.25) is 0 Å². The summed E-state index contributed by atoms with van der Waals surface area (Å²) in [7, 11) is 0. The van der Waals surface area contributed by atoms with Crippen LogP contribution in [0.25, 0.3) is 37.6 Å². The molecular formula is C20H13N3O2S2. The fourth-order valence-electron chi connectivity index (χ4n) is 3.38. The molecule has 0 atom stereocenters. The van der Waals surface area contributed by atoms with E-state index in [4.69, 9.17) is 0 Å². The standard InChI is InChI=1S/C20H13N3O2S2/c24-19-15-16(20(25)22-21-19)18(14-9-5-11-27-14)23(12-6-2-1-3-7-12)17(15)13-8-4-10-26-13/h1-11H,(H,21,24)(H,22,25). The molecule has 1 aromatic carbocycles. The zero-order valence-electron chi connectivity index (χ0n) is 13.9. The fraction of sp³-hybridized carbons (Fsp3) is 0. The fourth-order valence-corrected chi connectivity index (χ4v) is 4.91. The van der Waals surface area contributed by atoms with Crippen LogP contribution in [-0.2, 0) is 0 Å². The number of aromatic amines is 2. The van der Waals surface area contributed by atoms with Gasteiger partial charge in [-0.05, 0) is 35.0 Å². The van der Waals surface area contributed by atoms with Gasteiger partial charge in [-0.2, -0.15) is 0 Å². The molecule has 0 aliphatic carbocycles. The average Bonchev–Trinajstić information content (AvgIpc) is 3.44. The first kappa shape index (κ1) is 16.0. The highest BCUT2D eigenvalue weighted by Gasteiger charge is 2.26. The summed E-state index contributed by atoms with van der Waals surface area (Å²) in [6.07, 6.45) is 0. The molecule has 27 heavy (non-hydrogen) atoms. The summed E-state index contributed by atoms with van der Waals surface area (Å²) >= 11 is 3.08. The predicted octanol–water partition coefficient (Wildman–Crippen LogP) is 4.46. The Labute approximate surface area is 161 Å². The van der Waals surface area contributed by atoms with Crippen LogP contribution in [0.4, 0.5) is 0 Å². The van der Waals surface area contributed by atoms with Crippen LogP contribution >= 0.6 is 22.7 Å². The monoisotopic (exact) mass is 391 g/mol. The Bertz CT molecular complexity index is 1260.